The number of halogens is 2. The molecule has 0 saturated carbocycles. The number of benzene rings is 3. The Kier molecular flexibility index (Phi) is 7.73. The van der Waals surface area contributed by atoms with Gasteiger partial charge >= 0.3 is 0 Å². The average molecular weight is 538 g/mol. The van der Waals surface area contributed by atoms with Crippen LogP contribution in [0.15, 0.2) is 82.1 Å². The molecule has 35 heavy (non-hydrogen) atoms. The number of hydrogen-bond donors (Lipinski definition) is 0. The molecule has 8 heteroatoms. The second-order valence-electron chi connectivity index (χ2n) is 8.03. The van der Waals surface area contributed by atoms with Gasteiger partial charge in [0.1, 0.15) is 11.6 Å². The van der Waals surface area contributed by atoms with Crippen LogP contribution in [0.2, 0.25) is 0 Å². The number of rotatable bonds is 8. The topological polar surface area (TPSA) is 64.4 Å². The minimum atomic E-state index is -0.568. The van der Waals surface area contributed by atoms with Crippen LogP contribution >= 0.6 is 15.9 Å². The SMILES string of the molecule is CCC(c1nc2ccccc2c(=O)n1-c1ccc(Br)cc1)N(CCOC)C(=O)c1cccc(F)c1. The second-order valence-corrected chi connectivity index (χ2v) is 8.95. The van der Waals surface area contributed by atoms with Gasteiger partial charge in [-0.15, -0.1) is 0 Å². The second kappa shape index (κ2) is 10.9. The van der Waals surface area contributed by atoms with Crippen LogP contribution in [-0.4, -0.2) is 40.6 Å². The quantitative estimate of drug-likeness (QED) is 0.296. The van der Waals surface area contributed by atoms with Crippen molar-refractivity contribution >= 4 is 32.7 Å². The van der Waals surface area contributed by atoms with Gasteiger partial charge in [0.15, 0.2) is 0 Å². The fourth-order valence-electron chi connectivity index (χ4n) is 4.13. The molecule has 0 aliphatic carbocycles. The lowest BCUT2D eigenvalue weighted by atomic mass is 10.1. The first-order chi connectivity index (χ1) is 16.9. The van der Waals surface area contributed by atoms with Crippen molar-refractivity contribution in [3.8, 4) is 5.69 Å². The number of hydrogen-bond acceptors (Lipinski definition) is 4. The molecule has 0 spiro atoms. The first-order valence-electron chi connectivity index (χ1n) is 11.3. The van der Waals surface area contributed by atoms with Gasteiger partial charge < -0.3 is 9.64 Å². The zero-order valence-corrected chi connectivity index (χ0v) is 21.0. The number of aromatic nitrogens is 2. The zero-order valence-electron chi connectivity index (χ0n) is 19.4. The van der Waals surface area contributed by atoms with Crippen LogP contribution in [0.1, 0.15) is 35.6 Å². The van der Waals surface area contributed by atoms with Crippen molar-refractivity contribution in [3.05, 3.63) is 105 Å². The molecule has 1 unspecified atom stereocenters. The fourth-order valence-corrected chi connectivity index (χ4v) is 4.40. The summed E-state index contributed by atoms with van der Waals surface area (Å²) in [5.74, 6) is -0.427. The molecule has 1 heterocycles. The molecule has 4 rings (SSSR count). The van der Waals surface area contributed by atoms with Gasteiger partial charge in [0.2, 0.25) is 0 Å². The third-order valence-electron chi connectivity index (χ3n) is 5.82. The summed E-state index contributed by atoms with van der Waals surface area (Å²) in [6.45, 7) is 2.44. The van der Waals surface area contributed by atoms with Gasteiger partial charge in [-0.1, -0.05) is 41.1 Å². The van der Waals surface area contributed by atoms with Gasteiger partial charge in [-0.2, -0.15) is 0 Å². The summed E-state index contributed by atoms with van der Waals surface area (Å²) in [7, 11) is 1.55. The Morgan fingerprint density at radius 1 is 1.11 bits per heavy atom. The molecule has 0 fully saturated rings. The highest BCUT2D eigenvalue weighted by Gasteiger charge is 2.29. The average Bonchev–Trinajstić information content (AvgIpc) is 2.87. The standard InChI is InChI=1S/C27H25BrFN3O3/c1-3-24(31(15-16-35-2)26(33)18-7-6-8-20(29)17-18)25-30-23-10-5-4-9-22(23)27(34)32(25)21-13-11-19(28)12-14-21/h4-14,17,24H,3,15-16H2,1-2H3. The first kappa shape index (κ1) is 24.8. The van der Waals surface area contributed by atoms with Crippen molar-refractivity contribution < 1.29 is 13.9 Å². The maximum Gasteiger partial charge on any atom is 0.266 e. The molecular weight excluding hydrogens is 513 g/mol. The Balaban J connectivity index is 1.94. The van der Waals surface area contributed by atoms with Gasteiger partial charge in [0.05, 0.1) is 29.2 Å². The maximum absolute atomic E-state index is 13.9. The van der Waals surface area contributed by atoms with Crippen molar-refractivity contribution in [1.29, 1.82) is 0 Å². The molecule has 0 bridgehead atoms. The van der Waals surface area contributed by atoms with Crippen molar-refractivity contribution in [1.82, 2.24) is 14.5 Å². The maximum atomic E-state index is 13.9. The molecule has 1 amide bonds. The van der Waals surface area contributed by atoms with Crippen molar-refractivity contribution in [2.45, 2.75) is 19.4 Å². The summed E-state index contributed by atoms with van der Waals surface area (Å²) >= 11 is 3.44. The van der Waals surface area contributed by atoms with E-state index in [9.17, 15) is 14.0 Å². The van der Waals surface area contributed by atoms with Gasteiger partial charge in [-0.25, -0.2) is 9.37 Å². The molecule has 180 valence electrons. The minimum absolute atomic E-state index is 0.220. The van der Waals surface area contributed by atoms with E-state index < -0.39 is 11.9 Å². The van der Waals surface area contributed by atoms with Crippen LogP contribution in [0.25, 0.3) is 16.6 Å². The number of fused-ring (bicyclic) bond motifs is 1. The van der Waals surface area contributed by atoms with E-state index in [1.165, 1.54) is 18.2 Å². The smallest absolute Gasteiger partial charge is 0.266 e. The number of carbonyl (C=O) groups excluding carboxylic acids is 1. The third-order valence-corrected chi connectivity index (χ3v) is 6.34. The summed E-state index contributed by atoms with van der Waals surface area (Å²) in [6.07, 6.45) is 0.478. The summed E-state index contributed by atoms with van der Waals surface area (Å²) in [5.41, 5.74) is 1.17. The number of methoxy groups -OCH3 is 1. The predicted molar refractivity (Wildman–Crippen MR) is 137 cm³/mol. The Morgan fingerprint density at radius 3 is 2.54 bits per heavy atom. The van der Waals surface area contributed by atoms with Crippen molar-refractivity contribution in [3.63, 3.8) is 0 Å². The van der Waals surface area contributed by atoms with Crippen LogP contribution in [-0.2, 0) is 4.74 Å². The number of carbonyl (C=O) groups is 1. The summed E-state index contributed by atoms with van der Waals surface area (Å²) in [4.78, 5) is 33.8. The molecule has 0 aliphatic rings. The van der Waals surface area contributed by atoms with Gasteiger partial charge in [0.25, 0.3) is 11.5 Å². The minimum Gasteiger partial charge on any atom is -0.383 e. The molecule has 0 radical (unpaired) electrons. The summed E-state index contributed by atoms with van der Waals surface area (Å²) in [5, 5.41) is 0.480. The predicted octanol–water partition coefficient (Wildman–Crippen LogP) is 5.53. The molecule has 0 aliphatic heterocycles. The zero-order chi connectivity index (χ0) is 24.9. The lowest BCUT2D eigenvalue weighted by Crippen LogP contribution is -2.40. The van der Waals surface area contributed by atoms with E-state index in [4.69, 9.17) is 9.72 Å². The normalized spacial score (nSPS) is 12.0. The van der Waals surface area contributed by atoms with E-state index in [1.807, 2.05) is 37.3 Å². The Morgan fingerprint density at radius 2 is 1.86 bits per heavy atom. The van der Waals surface area contributed by atoms with Crippen LogP contribution in [0.5, 0.6) is 0 Å². The lowest BCUT2D eigenvalue weighted by Gasteiger charge is -2.32. The number of amides is 1. The molecular formula is C27H25BrFN3O3. The van der Waals surface area contributed by atoms with Crippen molar-refractivity contribution in [2.75, 3.05) is 20.3 Å². The molecule has 1 atom stereocenters. The molecule has 3 aromatic carbocycles. The lowest BCUT2D eigenvalue weighted by molar-refractivity contribution is 0.0579. The van der Waals surface area contributed by atoms with Gasteiger partial charge in [0, 0.05) is 23.7 Å². The van der Waals surface area contributed by atoms with E-state index in [0.717, 1.165) is 4.47 Å². The van der Waals surface area contributed by atoms with E-state index in [-0.39, 0.29) is 30.2 Å². The fraction of sp³-hybridized carbons (Fsp3) is 0.222. The van der Waals surface area contributed by atoms with E-state index in [2.05, 4.69) is 15.9 Å². The van der Waals surface area contributed by atoms with Gasteiger partial charge in [-0.05, 0) is 61.0 Å². The highest BCUT2D eigenvalue weighted by atomic mass is 79.9. The molecule has 1 aromatic heterocycles. The van der Waals surface area contributed by atoms with Crippen LogP contribution in [0, 0.1) is 5.82 Å². The Labute approximate surface area is 211 Å². The van der Waals surface area contributed by atoms with E-state index >= 15 is 0 Å². The highest BCUT2D eigenvalue weighted by molar-refractivity contribution is 9.10. The molecule has 4 aromatic rings. The Hall–Kier alpha value is -3.36. The first-order valence-corrected chi connectivity index (χ1v) is 12.1. The third kappa shape index (κ3) is 5.18. The number of para-hydroxylation sites is 1. The summed E-state index contributed by atoms with van der Waals surface area (Å²) in [6, 6.07) is 19.5. The van der Waals surface area contributed by atoms with Crippen LogP contribution in [0.3, 0.4) is 0 Å². The monoisotopic (exact) mass is 537 g/mol. The molecule has 0 N–H and O–H groups in total. The largest absolute Gasteiger partial charge is 0.383 e. The number of ether oxygens (including phenoxy) is 1. The molecule has 0 saturated heterocycles. The highest BCUT2D eigenvalue weighted by Crippen LogP contribution is 2.28. The number of nitrogens with zero attached hydrogens (tertiary/aromatic N) is 3. The van der Waals surface area contributed by atoms with Crippen LogP contribution < -0.4 is 5.56 Å². The molecule has 6 nitrogen and oxygen atoms in total. The Bertz CT molecular complexity index is 1410. The van der Waals surface area contributed by atoms with E-state index in [0.29, 0.717) is 28.8 Å². The van der Waals surface area contributed by atoms with Crippen LogP contribution in [0.4, 0.5) is 4.39 Å². The van der Waals surface area contributed by atoms with Crippen molar-refractivity contribution in [2.24, 2.45) is 0 Å². The summed E-state index contributed by atoms with van der Waals surface area (Å²) < 4.78 is 21.6. The van der Waals surface area contributed by atoms with Gasteiger partial charge in [-0.3, -0.25) is 14.2 Å². The van der Waals surface area contributed by atoms with E-state index in [1.54, 1.807) is 40.8 Å².